The van der Waals surface area contributed by atoms with E-state index < -0.39 is 17.3 Å². The molecule has 0 radical (unpaired) electrons. The first-order valence-electron chi connectivity index (χ1n) is 5.99. The van der Waals surface area contributed by atoms with Gasteiger partial charge in [-0.25, -0.2) is 14.2 Å². The maximum atomic E-state index is 13.7. The van der Waals surface area contributed by atoms with Crippen LogP contribution < -0.4 is 10.6 Å². The number of carboxylic acids is 1. The molecule has 0 aliphatic heterocycles. The van der Waals surface area contributed by atoms with E-state index >= 15 is 0 Å². The van der Waals surface area contributed by atoms with Crippen LogP contribution in [0.5, 0.6) is 0 Å². The topological polar surface area (TPSA) is 91.3 Å². The number of nitrogens with one attached hydrogen (secondary N) is 2. The van der Waals surface area contributed by atoms with Crippen molar-refractivity contribution in [2.75, 3.05) is 11.9 Å². The molecule has 1 fully saturated rings. The Labute approximate surface area is 109 Å². The molecule has 0 saturated heterocycles. The third-order valence-electron chi connectivity index (χ3n) is 2.71. The van der Waals surface area contributed by atoms with E-state index in [9.17, 15) is 14.0 Å². The number of hydrogen-bond donors (Lipinski definition) is 3. The number of pyridine rings is 1. The molecule has 2 rings (SSSR count). The number of nitrogens with zero attached hydrogens (tertiary/aromatic N) is 1. The van der Waals surface area contributed by atoms with Gasteiger partial charge >= 0.3 is 5.97 Å². The first-order valence-corrected chi connectivity index (χ1v) is 5.99. The Morgan fingerprint density at radius 2 is 2.21 bits per heavy atom. The highest BCUT2D eigenvalue weighted by Crippen LogP contribution is 2.18. The molecule has 19 heavy (non-hydrogen) atoms. The van der Waals surface area contributed by atoms with Crippen molar-refractivity contribution >= 4 is 17.7 Å². The summed E-state index contributed by atoms with van der Waals surface area (Å²) >= 11 is 0. The third-order valence-corrected chi connectivity index (χ3v) is 2.71. The summed E-state index contributed by atoms with van der Waals surface area (Å²) < 4.78 is 13.7. The number of carbonyl (C=O) groups excluding carboxylic acids is 1. The molecule has 7 heteroatoms. The van der Waals surface area contributed by atoms with Gasteiger partial charge in [-0.15, -0.1) is 0 Å². The van der Waals surface area contributed by atoms with Gasteiger partial charge in [-0.3, -0.25) is 4.79 Å². The predicted octanol–water partition coefficient (Wildman–Crippen LogP) is 0.999. The molecule has 0 atom stereocenters. The number of amides is 1. The van der Waals surface area contributed by atoms with Gasteiger partial charge in [0.15, 0.2) is 11.6 Å². The van der Waals surface area contributed by atoms with Crippen molar-refractivity contribution in [3.63, 3.8) is 0 Å². The smallest absolute Gasteiger partial charge is 0.338 e. The number of carbonyl (C=O) groups is 2. The molecule has 1 amide bonds. The average molecular weight is 267 g/mol. The Balaban J connectivity index is 1.86. The lowest BCUT2D eigenvalue weighted by molar-refractivity contribution is -0.120. The maximum absolute atomic E-state index is 13.7. The zero-order valence-electron chi connectivity index (χ0n) is 10.1. The molecule has 1 aliphatic carbocycles. The van der Waals surface area contributed by atoms with Crippen molar-refractivity contribution < 1.29 is 19.1 Å². The second-order valence-corrected chi connectivity index (χ2v) is 4.34. The lowest BCUT2D eigenvalue weighted by Crippen LogP contribution is -2.27. The summed E-state index contributed by atoms with van der Waals surface area (Å²) in [6.07, 6.45) is 3.42. The second-order valence-electron chi connectivity index (χ2n) is 4.34. The Hall–Kier alpha value is -2.18. The minimum Gasteiger partial charge on any atom is -0.478 e. The minimum absolute atomic E-state index is 0.107. The van der Waals surface area contributed by atoms with Gasteiger partial charge in [-0.05, 0) is 18.9 Å². The standard InChI is InChI=1S/C12H14FN3O3/c13-10-8(12(18)19)3-5-14-11(10)15-6-4-9(17)16-7-1-2-7/h3,5,7H,1-2,4,6H2,(H,14,15)(H,16,17)(H,18,19). The Morgan fingerprint density at radius 3 is 2.84 bits per heavy atom. The van der Waals surface area contributed by atoms with Crippen molar-refractivity contribution in [1.82, 2.24) is 10.3 Å². The summed E-state index contributed by atoms with van der Waals surface area (Å²) in [5.41, 5.74) is -0.445. The van der Waals surface area contributed by atoms with Gasteiger partial charge in [0, 0.05) is 25.2 Å². The number of rotatable bonds is 6. The highest BCUT2D eigenvalue weighted by molar-refractivity contribution is 5.88. The molecule has 0 aromatic carbocycles. The van der Waals surface area contributed by atoms with Crippen molar-refractivity contribution in [3.8, 4) is 0 Å². The normalized spacial score (nSPS) is 13.9. The van der Waals surface area contributed by atoms with Crippen LogP contribution in [0.15, 0.2) is 12.3 Å². The summed E-state index contributed by atoms with van der Waals surface area (Å²) in [6.45, 7) is 0.200. The van der Waals surface area contributed by atoms with Crippen LogP contribution in [0.25, 0.3) is 0 Å². The maximum Gasteiger partial charge on any atom is 0.338 e. The molecule has 0 unspecified atom stereocenters. The van der Waals surface area contributed by atoms with E-state index in [2.05, 4.69) is 15.6 Å². The van der Waals surface area contributed by atoms with Crippen LogP contribution in [-0.2, 0) is 4.79 Å². The van der Waals surface area contributed by atoms with E-state index in [-0.39, 0.29) is 30.7 Å². The zero-order valence-corrected chi connectivity index (χ0v) is 10.1. The number of aromatic nitrogens is 1. The summed E-state index contributed by atoms with van der Waals surface area (Å²) in [4.78, 5) is 25.8. The molecule has 3 N–H and O–H groups in total. The van der Waals surface area contributed by atoms with Crippen molar-refractivity contribution in [2.45, 2.75) is 25.3 Å². The molecule has 1 saturated carbocycles. The predicted molar refractivity (Wildman–Crippen MR) is 65.4 cm³/mol. The first kappa shape index (κ1) is 13.3. The quantitative estimate of drug-likeness (QED) is 0.715. The highest BCUT2D eigenvalue weighted by Gasteiger charge is 2.22. The van der Waals surface area contributed by atoms with E-state index in [1.165, 1.54) is 6.20 Å². The molecular weight excluding hydrogens is 253 g/mol. The summed E-state index contributed by atoms with van der Waals surface area (Å²) in [6, 6.07) is 1.38. The second kappa shape index (κ2) is 5.64. The molecule has 102 valence electrons. The van der Waals surface area contributed by atoms with Gasteiger partial charge in [-0.1, -0.05) is 0 Å². The molecular formula is C12H14FN3O3. The fourth-order valence-corrected chi connectivity index (χ4v) is 1.55. The van der Waals surface area contributed by atoms with Crippen LogP contribution in [0.1, 0.15) is 29.6 Å². The van der Waals surface area contributed by atoms with Crippen LogP contribution in [0, 0.1) is 5.82 Å². The third kappa shape index (κ3) is 3.64. The number of halogens is 1. The summed E-state index contributed by atoms with van der Waals surface area (Å²) in [5, 5.41) is 14.2. The van der Waals surface area contributed by atoms with Gasteiger partial charge in [-0.2, -0.15) is 0 Å². The molecule has 1 aromatic heterocycles. The van der Waals surface area contributed by atoms with E-state index in [0.717, 1.165) is 18.9 Å². The Bertz CT molecular complexity index is 503. The fourth-order valence-electron chi connectivity index (χ4n) is 1.55. The fraction of sp³-hybridized carbons (Fsp3) is 0.417. The van der Waals surface area contributed by atoms with Gasteiger partial charge in [0.2, 0.25) is 5.91 Å². The lowest BCUT2D eigenvalue weighted by Gasteiger charge is -2.08. The monoisotopic (exact) mass is 267 g/mol. The van der Waals surface area contributed by atoms with Gasteiger partial charge in [0.1, 0.15) is 5.56 Å². The molecule has 1 aromatic rings. The van der Waals surface area contributed by atoms with Crippen LogP contribution in [0.3, 0.4) is 0 Å². The SMILES string of the molecule is O=C(CCNc1nccc(C(=O)O)c1F)NC1CC1. The summed E-state index contributed by atoms with van der Waals surface area (Å²) in [7, 11) is 0. The Morgan fingerprint density at radius 1 is 1.47 bits per heavy atom. The molecule has 0 bridgehead atoms. The van der Waals surface area contributed by atoms with Crippen LogP contribution in [0.4, 0.5) is 10.2 Å². The van der Waals surface area contributed by atoms with Gasteiger partial charge in [0.25, 0.3) is 0 Å². The highest BCUT2D eigenvalue weighted by atomic mass is 19.1. The number of hydrogen-bond acceptors (Lipinski definition) is 4. The number of anilines is 1. The van der Waals surface area contributed by atoms with Crippen LogP contribution in [-0.4, -0.2) is 34.6 Å². The van der Waals surface area contributed by atoms with Gasteiger partial charge < -0.3 is 15.7 Å². The number of carboxylic acid groups (broad SMARTS) is 1. The lowest BCUT2D eigenvalue weighted by atomic mass is 10.2. The minimum atomic E-state index is -1.35. The van der Waals surface area contributed by atoms with Crippen LogP contribution >= 0.6 is 0 Å². The van der Waals surface area contributed by atoms with E-state index in [0.29, 0.717) is 0 Å². The molecule has 0 spiro atoms. The average Bonchev–Trinajstić information content (AvgIpc) is 3.14. The first-order chi connectivity index (χ1) is 9.08. The van der Waals surface area contributed by atoms with Gasteiger partial charge in [0.05, 0.1) is 0 Å². The summed E-state index contributed by atoms with van der Waals surface area (Å²) in [5.74, 6) is -2.53. The van der Waals surface area contributed by atoms with Crippen molar-refractivity contribution in [1.29, 1.82) is 0 Å². The number of aromatic carboxylic acids is 1. The largest absolute Gasteiger partial charge is 0.478 e. The van der Waals surface area contributed by atoms with E-state index in [1.807, 2.05) is 0 Å². The molecule has 1 heterocycles. The van der Waals surface area contributed by atoms with E-state index in [1.54, 1.807) is 0 Å². The van der Waals surface area contributed by atoms with Crippen molar-refractivity contribution in [2.24, 2.45) is 0 Å². The molecule has 1 aliphatic rings. The van der Waals surface area contributed by atoms with Crippen LogP contribution in [0.2, 0.25) is 0 Å². The van der Waals surface area contributed by atoms with E-state index in [4.69, 9.17) is 5.11 Å². The zero-order chi connectivity index (χ0) is 13.8. The molecule has 6 nitrogen and oxygen atoms in total. The Kier molecular flexibility index (Phi) is 3.94. The van der Waals surface area contributed by atoms with Crippen molar-refractivity contribution in [3.05, 3.63) is 23.6 Å².